The van der Waals surface area contributed by atoms with Gasteiger partial charge < -0.3 is 4.57 Å². The fourth-order valence-electron chi connectivity index (χ4n) is 1.91. The van der Waals surface area contributed by atoms with E-state index in [4.69, 9.17) is 16.9 Å². The Bertz CT molecular complexity index is 551. The second-order valence-corrected chi connectivity index (χ2v) is 3.87. The van der Waals surface area contributed by atoms with E-state index in [0.717, 1.165) is 29.8 Å². The van der Waals surface area contributed by atoms with Crippen LogP contribution < -0.4 is 0 Å². The van der Waals surface area contributed by atoms with Gasteiger partial charge in [0, 0.05) is 18.8 Å². The second kappa shape index (κ2) is 4.54. The van der Waals surface area contributed by atoms with Crippen LogP contribution in [0.1, 0.15) is 18.3 Å². The Balaban J connectivity index is 2.71. The molecule has 0 atom stereocenters. The van der Waals surface area contributed by atoms with E-state index < -0.39 is 0 Å². The highest BCUT2D eigenvalue weighted by atomic mass is 35.5. The molecule has 0 spiro atoms. The van der Waals surface area contributed by atoms with Gasteiger partial charge in [0.15, 0.2) is 0 Å². The molecule has 0 bridgehead atoms. The minimum atomic E-state index is 0.547. The molecule has 0 radical (unpaired) electrons. The van der Waals surface area contributed by atoms with Gasteiger partial charge in [-0.15, -0.1) is 11.6 Å². The third-order valence-corrected chi connectivity index (χ3v) is 2.80. The summed E-state index contributed by atoms with van der Waals surface area (Å²) >= 11 is 5.75. The van der Waals surface area contributed by atoms with Gasteiger partial charge in [0.25, 0.3) is 0 Å². The lowest BCUT2D eigenvalue weighted by atomic mass is 10.2. The SMILES string of the molecule is CCn1c(CCCl)nc2c(C#N)cccc21. The summed E-state index contributed by atoms with van der Waals surface area (Å²) in [6.45, 7) is 2.91. The lowest BCUT2D eigenvalue weighted by molar-refractivity contribution is 0.727. The van der Waals surface area contributed by atoms with Gasteiger partial charge in [0.1, 0.15) is 17.4 Å². The minimum absolute atomic E-state index is 0.547. The summed E-state index contributed by atoms with van der Waals surface area (Å²) in [6, 6.07) is 7.84. The van der Waals surface area contributed by atoms with E-state index >= 15 is 0 Å². The van der Waals surface area contributed by atoms with Gasteiger partial charge in [-0.3, -0.25) is 0 Å². The van der Waals surface area contributed by atoms with E-state index in [1.807, 2.05) is 12.1 Å². The van der Waals surface area contributed by atoms with Gasteiger partial charge in [-0.05, 0) is 19.1 Å². The number of nitrogens with zero attached hydrogens (tertiary/aromatic N) is 3. The molecule has 0 unspecified atom stereocenters. The summed E-state index contributed by atoms with van der Waals surface area (Å²) < 4.78 is 2.11. The highest BCUT2D eigenvalue weighted by Gasteiger charge is 2.11. The van der Waals surface area contributed by atoms with E-state index in [0.29, 0.717) is 11.4 Å². The molecule has 1 aromatic heterocycles. The highest BCUT2D eigenvalue weighted by Crippen LogP contribution is 2.20. The molecule has 1 heterocycles. The number of aromatic nitrogens is 2. The monoisotopic (exact) mass is 233 g/mol. The lowest BCUT2D eigenvalue weighted by Gasteiger charge is -2.03. The number of para-hydroxylation sites is 1. The first-order valence-electron chi connectivity index (χ1n) is 5.26. The maximum atomic E-state index is 9.01. The van der Waals surface area contributed by atoms with Crippen LogP contribution in [0.3, 0.4) is 0 Å². The third-order valence-electron chi connectivity index (χ3n) is 2.61. The predicted octanol–water partition coefficient (Wildman–Crippen LogP) is 2.71. The highest BCUT2D eigenvalue weighted by molar-refractivity contribution is 6.17. The van der Waals surface area contributed by atoms with Gasteiger partial charge >= 0.3 is 0 Å². The molecule has 0 saturated heterocycles. The molecule has 4 heteroatoms. The van der Waals surface area contributed by atoms with Crippen molar-refractivity contribution >= 4 is 22.6 Å². The Morgan fingerprint density at radius 3 is 2.94 bits per heavy atom. The number of halogens is 1. The van der Waals surface area contributed by atoms with Crippen LogP contribution in [0.2, 0.25) is 0 Å². The summed E-state index contributed by atoms with van der Waals surface area (Å²) in [4.78, 5) is 4.50. The molecule has 0 fully saturated rings. The molecule has 1 aromatic carbocycles. The molecule has 2 rings (SSSR count). The summed E-state index contributed by atoms with van der Waals surface area (Å²) in [6.07, 6.45) is 0.731. The van der Waals surface area contributed by atoms with E-state index in [-0.39, 0.29) is 0 Å². The molecule has 0 N–H and O–H groups in total. The van der Waals surface area contributed by atoms with Crippen molar-refractivity contribution in [3.8, 4) is 6.07 Å². The summed E-state index contributed by atoms with van der Waals surface area (Å²) in [7, 11) is 0. The van der Waals surface area contributed by atoms with E-state index in [9.17, 15) is 0 Å². The first kappa shape index (κ1) is 11.0. The van der Waals surface area contributed by atoms with E-state index in [2.05, 4.69) is 22.5 Å². The molecule has 0 aliphatic carbocycles. The number of alkyl halides is 1. The molecule has 0 aliphatic rings. The van der Waals surface area contributed by atoms with Crippen molar-refractivity contribution in [3.05, 3.63) is 29.6 Å². The fraction of sp³-hybridized carbons (Fsp3) is 0.333. The standard InChI is InChI=1S/C12H12ClN3/c1-2-16-10-5-3-4-9(8-14)12(10)15-11(16)6-7-13/h3-5H,2,6-7H2,1H3. The molecule has 2 aromatic rings. The minimum Gasteiger partial charge on any atom is -0.328 e. The zero-order chi connectivity index (χ0) is 11.5. The Hall–Kier alpha value is -1.53. The van der Waals surface area contributed by atoms with Crippen molar-refractivity contribution in [3.63, 3.8) is 0 Å². The van der Waals surface area contributed by atoms with Crippen LogP contribution in [0.25, 0.3) is 11.0 Å². The number of fused-ring (bicyclic) bond motifs is 1. The lowest BCUT2D eigenvalue weighted by Crippen LogP contribution is -2.02. The Morgan fingerprint density at radius 1 is 1.50 bits per heavy atom. The number of rotatable bonds is 3. The van der Waals surface area contributed by atoms with Gasteiger partial charge in [-0.1, -0.05) is 6.07 Å². The summed E-state index contributed by atoms with van der Waals surface area (Å²) in [5, 5.41) is 9.01. The normalized spacial score (nSPS) is 10.6. The zero-order valence-corrected chi connectivity index (χ0v) is 9.83. The first-order chi connectivity index (χ1) is 7.81. The molecule has 0 amide bonds. The number of imidazole rings is 1. The molecule has 0 saturated carbocycles. The zero-order valence-electron chi connectivity index (χ0n) is 9.07. The van der Waals surface area contributed by atoms with Crippen molar-refractivity contribution in [2.45, 2.75) is 19.9 Å². The van der Waals surface area contributed by atoms with Crippen molar-refractivity contribution < 1.29 is 0 Å². The number of aryl methyl sites for hydroxylation is 2. The average Bonchev–Trinajstić information content (AvgIpc) is 2.66. The van der Waals surface area contributed by atoms with Crippen molar-refractivity contribution in [1.29, 1.82) is 5.26 Å². The molecular weight excluding hydrogens is 222 g/mol. The maximum absolute atomic E-state index is 9.01. The maximum Gasteiger partial charge on any atom is 0.111 e. The Morgan fingerprint density at radius 2 is 2.31 bits per heavy atom. The van der Waals surface area contributed by atoms with Crippen LogP contribution in [0, 0.1) is 11.3 Å². The molecule has 16 heavy (non-hydrogen) atoms. The van der Waals surface area contributed by atoms with Gasteiger partial charge in [-0.25, -0.2) is 4.98 Å². The number of hydrogen-bond donors (Lipinski definition) is 0. The largest absolute Gasteiger partial charge is 0.328 e. The smallest absolute Gasteiger partial charge is 0.111 e. The quantitative estimate of drug-likeness (QED) is 0.765. The second-order valence-electron chi connectivity index (χ2n) is 3.50. The fourth-order valence-corrected chi connectivity index (χ4v) is 2.08. The summed E-state index contributed by atoms with van der Waals surface area (Å²) in [5.74, 6) is 1.50. The number of benzene rings is 1. The van der Waals surface area contributed by atoms with Gasteiger partial charge in [0.05, 0.1) is 11.1 Å². The third kappa shape index (κ3) is 1.66. The van der Waals surface area contributed by atoms with Crippen LogP contribution in [0.4, 0.5) is 0 Å². The summed E-state index contributed by atoms with van der Waals surface area (Å²) in [5.41, 5.74) is 2.43. The Kier molecular flexibility index (Phi) is 3.12. The van der Waals surface area contributed by atoms with Crippen molar-refractivity contribution in [2.75, 3.05) is 5.88 Å². The molecule has 82 valence electrons. The van der Waals surface area contributed by atoms with Crippen LogP contribution >= 0.6 is 11.6 Å². The van der Waals surface area contributed by atoms with Crippen LogP contribution in [-0.2, 0) is 13.0 Å². The first-order valence-corrected chi connectivity index (χ1v) is 5.79. The number of nitriles is 1. The number of hydrogen-bond acceptors (Lipinski definition) is 2. The Labute approximate surface area is 99.3 Å². The van der Waals surface area contributed by atoms with E-state index in [1.54, 1.807) is 6.07 Å². The van der Waals surface area contributed by atoms with Gasteiger partial charge in [0.2, 0.25) is 0 Å². The van der Waals surface area contributed by atoms with Crippen molar-refractivity contribution in [1.82, 2.24) is 9.55 Å². The van der Waals surface area contributed by atoms with Crippen molar-refractivity contribution in [2.24, 2.45) is 0 Å². The van der Waals surface area contributed by atoms with Crippen LogP contribution in [0.15, 0.2) is 18.2 Å². The molecular formula is C12H12ClN3. The topological polar surface area (TPSA) is 41.6 Å². The molecule has 0 aliphatic heterocycles. The van der Waals surface area contributed by atoms with Crippen LogP contribution in [-0.4, -0.2) is 15.4 Å². The van der Waals surface area contributed by atoms with E-state index in [1.165, 1.54) is 0 Å². The molecule has 3 nitrogen and oxygen atoms in total. The predicted molar refractivity (Wildman–Crippen MR) is 64.5 cm³/mol. The van der Waals surface area contributed by atoms with Crippen LogP contribution in [0.5, 0.6) is 0 Å². The average molecular weight is 234 g/mol. The van der Waals surface area contributed by atoms with Gasteiger partial charge in [-0.2, -0.15) is 5.26 Å².